The number of likely N-dealkylation sites (N-methyl/N-ethyl adjacent to an activating group) is 1. The third-order valence-corrected chi connectivity index (χ3v) is 4.07. The van der Waals surface area contributed by atoms with Gasteiger partial charge in [0.15, 0.2) is 0 Å². The van der Waals surface area contributed by atoms with Crippen LogP contribution in [0, 0.1) is 5.41 Å². The summed E-state index contributed by atoms with van der Waals surface area (Å²) >= 11 is 6.04. The van der Waals surface area contributed by atoms with Gasteiger partial charge < -0.3 is 9.64 Å². The molecule has 0 aliphatic carbocycles. The highest BCUT2D eigenvalue weighted by molar-refractivity contribution is 6.21. The molecule has 5 nitrogen and oxygen atoms in total. The second kappa shape index (κ2) is 5.34. The Hall–Kier alpha value is -0.970. The zero-order valence-corrected chi connectivity index (χ0v) is 15.0. The molecule has 0 saturated carbocycles. The van der Waals surface area contributed by atoms with Crippen LogP contribution in [0.4, 0.5) is 4.79 Å². The van der Waals surface area contributed by atoms with E-state index in [1.807, 2.05) is 20.8 Å². The van der Waals surface area contributed by atoms with Gasteiger partial charge in [-0.1, -0.05) is 20.8 Å². The van der Waals surface area contributed by atoms with Gasteiger partial charge in [0, 0.05) is 12.5 Å². The van der Waals surface area contributed by atoms with E-state index in [1.165, 1.54) is 4.90 Å². The average Bonchev–Trinajstić information content (AvgIpc) is 2.48. The van der Waals surface area contributed by atoms with Crippen molar-refractivity contribution in [2.24, 2.45) is 5.41 Å². The highest BCUT2D eigenvalue weighted by Gasteiger charge is 2.59. The highest BCUT2D eigenvalue weighted by atomic mass is 35.5. The normalized spacial score (nSPS) is 27.3. The molecule has 1 heterocycles. The fourth-order valence-corrected chi connectivity index (χ4v) is 2.98. The Kier molecular flexibility index (Phi) is 4.60. The van der Waals surface area contributed by atoms with E-state index in [2.05, 4.69) is 0 Å². The monoisotopic (exact) mass is 318 g/mol. The lowest BCUT2D eigenvalue weighted by atomic mass is 9.90. The summed E-state index contributed by atoms with van der Waals surface area (Å²) in [6.45, 7) is 13.1. The second-order valence-electron chi connectivity index (χ2n) is 7.91. The molecule has 1 aliphatic rings. The van der Waals surface area contributed by atoms with Crippen LogP contribution in [0.25, 0.3) is 0 Å². The first-order chi connectivity index (χ1) is 9.25. The van der Waals surface area contributed by atoms with Gasteiger partial charge in [0.2, 0.25) is 0 Å². The number of rotatable bonds is 1. The van der Waals surface area contributed by atoms with Gasteiger partial charge in [-0.05, 0) is 27.7 Å². The van der Waals surface area contributed by atoms with Gasteiger partial charge in [-0.2, -0.15) is 0 Å². The van der Waals surface area contributed by atoms with Gasteiger partial charge in [0.05, 0.1) is 5.88 Å². The Morgan fingerprint density at radius 1 is 1.29 bits per heavy atom. The molecule has 122 valence electrons. The van der Waals surface area contributed by atoms with E-state index in [0.29, 0.717) is 0 Å². The van der Waals surface area contributed by atoms with Crippen molar-refractivity contribution in [2.75, 3.05) is 12.9 Å². The number of alkyl halides is 1. The van der Waals surface area contributed by atoms with Gasteiger partial charge in [0.25, 0.3) is 5.91 Å². The fourth-order valence-electron chi connectivity index (χ4n) is 2.74. The summed E-state index contributed by atoms with van der Waals surface area (Å²) in [4.78, 5) is 28.3. The van der Waals surface area contributed by atoms with Crippen molar-refractivity contribution in [3.8, 4) is 0 Å². The molecule has 6 heteroatoms. The molecule has 0 bridgehead atoms. The third-order valence-electron chi connectivity index (χ3n) is 3.55. The molecular formula is C15H27ClN2O3. The Morgan fingerprint density at radius 2 is 1.76 bits per heavy atom. The van der Waals surface area contributed by atoms with E-state index in [9.17, 15) is 9.59 Å². The minimum absolute atomic E-state index is 0.0298. The van der Waals surface area contributed by atoms with Gasteiger partial charge >= 0.3 is 6.09 Å². The van der Waals surface area contributed by atoms with Crippen LogP contribution in [-0.2, 0) is 9.53 Å². The lowest BCUT2D eigenvalue weighted by molar-refractivity contribution is -0.132. The van der Waals surface area contributed by atoms with E-state index >= 15 is 0 Å². The molecule has 2 amide bonds. The van der Waals surface area contributed by atoms with Crippen LogP contribution in [0.3, 0.4) is 0 Å². The molecular weight excluding hydrogens is 292 g/mol. The Labute approximate surface area is 132 Å². The largest absolute Gasteiger partial charge is 0.444 e. The van der Waals surface area contributed by atoms with E-state index in [-0.39, 0.29) is 17.2 Å². The number of halogens is 1. The number of hydrogen-bond donors (Lipinski definition) is 0. The molecule has 0 aromatic heterocycles. The van der Waals surface area contributed by atoms with Crippen molar-refractivity contribution in [1.82, 2.24) is 9.80 Å². The molecule has 0 radical (unpaired) electrons. The maximum Gasteiger partial charge on any atom is 0.412 e. The third kappa shape index (κ3) is 3.28. The first kappa shape index (κ1) is 18.1. The Balaban J connectivity index is 3.31. The number of hydrogen-bond acceptors (Lipinski definition) is 3. The van der Waals surface area contributed by atoms with Gasteiger partial charge in [-0.15, -0.1) is 11.6 Å². The molecule has 0 aromatic carbocycles. The van der Waals surface area contributed by atoms with Crippen molar-refractivity contribution in [1.29, 1.82) is 0 Å². The van der Waals surface area contributed by atoms with Gasteiger partial charge in [0.1, 0.15) is 17.3 Å². The minimum Gasteiger partial charge on any atom is -0.444 e. The molecule has 1 rings (SSSR count). The van der Waals surface area contributed by atoms with Crippen molar-refractivity contribution in [3.63, 3.8) is 0 Å². The Morgan fingerprint density at radius 3 is 2.10 bits per heavy atom. The van der Waals surface area contributed by atoms with Crippen LogP contribution < -0.4 is 0 Å². The van der Waals surface area contributed by atoms with Crippen LogP contribution in [0.5, 0.6) is 0 Å². The summed E-state index contributed by atoms with van der Waals surface area (Å²) in [7, 11) is 1.70. The molecule has 21 heavy (non-hydrogen) atoms. The first-order valence-corrected chi connectivity index (χ1v) is 7.64. The summed E-state index contributed by atoms with van der Waals surface area (Å²) < 4.78 is 5.49. The zero-order chi connectivity index (χ0) is 16.8. The van der Waals surface area contributed by atoms with Gasteiger partial charge in [-0.3, -0.25) is 9.69 Å². The highest BCUT2D eigenvalue weighted by Crippen LogP contribution is 2.40. The molecule has 0 aromatic rings. The molecule has 2 atom stereocenters. The smallest absolute Gasteiger partial charge is 0.412 e. The molecule has 1 aliphatic heterocycles. The van der Waals surface area contributed by atoms with E-state index < -0.39 is 23.4 Å². The van der Waals surface area contributed by atoms with Crippen LogP contribution in [-0.4, -0.2) is 52.0 Å². The molecule has 0 spiro atoms. The predicted molar refractivity (Wildman–Crippen MR) is 83.2 cm³/mol. The van der Waals surface area contributed by atoms with Crippen LogP contribution in [0.1, 0.15) is 48.5 Å². The average molecular weight is 319 g/mol. The van der Waals surface area contributed by atoms with Crippen molar-refractivity contribution >= 4 is 23.6 Å². The standard InChI is InChI=1S/C15H27ClN2O3/c1-13(2,3)10-17(8)11(19)15(7,9-16)18(10)12(20)21-14(4,5)6/h10H,9H2,1-8H3. The van der Waals surface area contributed by atoms with Crippen molar-refractivity contribution < 1.29 is 14.3 Å². The predicted octanol–water partition coefficient (Wildman–Crippen LogP) is 3.07. The van der Waals surface area contributed by atoms with Crippen LogP contribution >= 0.6 is 11.6 Å². The first-order valence-electron chi connectivity index (χ1n) is 7.11. The Bertz CT molecular complexity index is 439. The van der Waals surface area contributed by atoms with E-state index in [1.54, 1.807) is 39.6 Å². The lowest BCUT2D eigenvalue weighted by Crippen LogP contribution is -2.57. The topological polar surface area (TPSA) is 49.9 Å². The summed E-state index contributed by atoms with van der Waals surface area (Å²) in [5.41, 5.74) is -2.03. The SMILES string of the molecule is CN1C(=O)C(C)(CCl)N(C(=O)OC(C)(C)C)C1C(C)(C)C. The maximum absolute atomic E-state index is 12.6. The summed E-state index contributed by atoms with van der Waals surface area (Å²) in [5.74, 6) is -0.134. The number of carbonyl (C=O) groups excluding carboxylic acids is 2. The minimum atomic E-state index is -1.09. The fraction of sp³-hybridized carbons (Fsp3) is 0.867. The van der Waals surface area contributed by atoms with E-state index in [4.69, 9.17) is 16.3 Å². The molecule has 1 fully saturated rings. The van der Waals surface area contributed by atoms with Crippen LogP contribution in [0.15, 0.2) is 0 Å². The molecule has 2 unspecified atom stereocenters. The summed E-state index contributed by atoms with van der Waals surface area (Å²) in [6.07, 6.45) is -0.910. The van der Waals surface area contributed by atoms with Gasteiger partial charge in [-0.25, -0.2) is 4.79 Å². The number of carbonyl (C=O) groups is 2. The van der Waals surface area contributed by atoms with Crippen molar-refractivity contribution in [3.05, 3.63) is 0 Å². The van der Waals surface area contributed by atoms with Crippen LogP contribution in [0.2, 0.25) is 0 Å². The number of amides is 2. The number of ether oxygens (including phenoxy) is 1. The molecule has 1 saturated heterocycles. The quantitative estimate of drug-likeness (QED) is 0.698. The zero-order valence-electron chi connectivity index (χ0n) is 14.3. The van der Waals surface area contributed by atoms with Crippen molar-refractivity contribution in [2.45, 2.75) is 65.8 Å². The summed E-state index contributed by atoms with van der Waals surface area (Å²) in [6, 6.07) is 0. The maximum atomic E-state index is 12.6. The lowest BCUT2D eigenvalue weighted by Gasteiger charge is -2.41. The second-order valence-corrected chi connectivity index (χ2v) is 8.18. The number of nitrogens with zero attached hydrogens (tertiary/aromatic N) is 2. The summed E-state index contributed by atoms with van der Waals surface area (Å²) in [5, 5.41) is 0. The van der Waals surface area contributed by atoms with E-state index in [0.717, 1.165) is 0 Å². The molecule has 0 N–H and O–H groups in total.